The molecule has 0 aromatic heterocycles. The van der Waals surface area contributed by atoms with Crippen molar-refractivity contribution in [3.8, 4) is 0 Å². The van der Waals surface area contributed by atoms with Crippen LogP contribution in [0, 0.1) is 12.3 Å². The molecule has 0 radical (unpaired) electrons. The molecule has 0 unspecified atom stereocenters. The molecule has 2 amide bonds. The van der Waals surface area contributed by atoms with Gasteiger partial charge in [-0.15, -0.1) is 0 Å². The maximum atomic E-state index is 12.9. The summed E-state index contributed by atoms with van der Waals surface area (Å²) >= 11 is 0. The second-order valence-corrected chi connectivity index (χ2v) is 7.71. The monoisotopic (exact) mass is 393 g/mol. The third-order valence-corrected chi connectivity index (χ3v) is 5.83. The number of benzene rings is 2. The van der Waals surface area contributed by atoms with E-state index in [-0.39, 0.29) is 11.8 Å². The van der Waals surface area contributed by atoms with Crippen LogP contribution in [0.5, 0.6) is 0 Å². The molecule has 29 heavy (non-hydrogen) atoms. The van der Waals surface area contributed by atoms with Gasteiger partial charge in [0, 0.05) is 30.2 Å². The molecule has 1 aliphatic carbocycles. The Morgan fingerprint density at radius 3 is 2.07 bits per heavy atom. The average molecular weight is 394 g/mol. The van der Waals surface area contributed by atoms with Crippen LogP contribution in [0.25, 0.3) is 0 Å². The minimum absolute atomic E-state index is 0.223. The average Bonchev–Trinajstić information content (AvgIpc) is 3.53. The molecule has 0 bridgehead atoms. The van der Waals surface area contributed by atoms with Crippen molar-refractivity contribution >= 4 is 28.9 Å². The maximum Gasteiger partial charge on any atom is 0.240 e. The van der Waals surface area contributed by atoms with Gasteiger partial charge in [0.25, 0.3) is 0 Å². The van der Waals surface area contributed by atoms with Crippen LogP contribution in [0.15, 0.2) is 42.5 Å². The lowest BCUT2D eigenvalue weighted by Gasteiger charge is -2.22. The zero-order valence-corrected chi connectivity index (χ0v) is 17.8. The van der Waals surface area contributed by atoms with Crippen LogP contribution >= 0.6 is 0 Å². The number of carbonyl (C=O) groups excluding carboxylic acids is 2. The van der Waals surface area contributed by atoms with Crippen molar-refractivity contribution in [2.24, 2.45) is 5.41 Å². The molecule has 154 valence electrons. The Morgan fingerprint density at radius 1 is 0.931 bits per heavy atom. The van der Waals surface area contributed by atoms with Crippen LogP contribution in [0.3, 0.4) is 0 Å². The van der Waals surface area contributed by atoms with Crippen LogP contribution in [-0.2, 0) is 16.0 Å². The molecule has 3 rings (SSSR count). The molecule has 0 atom stereocenters. The summed E-state index contributed by atoms with van der Waals surface area (Å²) in [5.41, 5.74) is 3.87. The topological polar surface area (TPSA) is 61.4 Å². The highest BCUT2D eigenvalue weighted by atomic mass is 16.2. The highest BCUT2D eigenvalue weighted by Crippen LogP contribution is 2.47. The number of hydrogen-bond acceptors (Lipinski definition) is 3. The quantitative estimate of drug-likeness (QED) is 0.636. The molecule has 0 aliphatic heterocycles. The molecule has 0 saturated heterocycles. The largest absolute Gasteiger partial charge is 0.372 e. The molecule has 5 heteroatoms. The van der Waals surface area contributed by atoms with E-state index in [9.17, 15) is 9.59 Å². The van der Waals surface area contributed by atoms with E-state index in [4.69, 9.17) is 0 Å². The lowest BCUT2D eigenvalue weighted by Crippen LogP contribution is -2.35. The van der Waals surface area contributed by atoms with Crippen LogP contribution in [0.4, 0.5) is 17.1 Å². The minimum atomic E-state index is -0.965. The summed E-state index contributed by atoms with van der Waals surface area (Å²) in [6, 6.07) is 13.8. The fourth-order valence-corrected chi connectivity index (χ4v) is 3.57. The first-order valence-electron chi connectivity index (χ1n) is 10.5. The predicted octanol–water partition coefficient (Wildman–Crippen LogP) is 4.76. The maximum absolute atomic E-state index is 12.9. The van der Waals surface area contributed by atoms with E-state index in [1.807, 2.05) is 43.3 Å². The van der Waals surface area contributed by atoms with Crippen LogP contribution in [0.2, 0.25) is 0 Å². The van der Waals surface area contributed by atoms with Crippen molar-refractivity contribution in [3.63, 3.8) is 0 Å². The van der Waals surface area contributed by atoms with Crippen molar-refractivity contribution in [2.75, 3.05) is 28.6 Å². The first kappa shape index (κ1) is 20.9. The first-order chi connectivity index (χ1) is 13.9. The molecule has 0 heterocycles. The summed E-state index contributed by atoms with van der Waals surface area (Å²) in [5.74, 6) is -0.449. The number of nitrogens with one attached hydrogen (secondary N) is 2. The molecule has 5 nitrogen and oxygen atoms in total. The summed E-state index contributed by atoms with van der Waals surface area (Å²) in [6.45, 7) is 10.2. The third-order valence-electron chi connectivity index (χ3n) is 5.83. The molecule has 1 fully saturated rings. The highest BCUT2D eigenvalue weighted by molar-refractivity contribution is 6.17. The number of rotatable bonds is 8. The Bertz CT molecular complexity index is 881. The predicted molar refractivity (Wildman–Crippen MR) is 119 cm³/mol. The van der Waals surface area contributed by atoms with Crippen LogP contribution < -0.4 is 15.5 Å². The Hall–Kier alpha value is -2.82. The van der Waals surface area contributed by atoms with Gasteiger partial charge in [-0.3, -0.25) is 9.59 Å². The van der Waals surface area contributed by atoms with Gasteiger partial charge in [-0.1, -0.05) is 19.1 Å². The zero-order chi connectivity index (χ0) is 21.0. The Morgan fingerprint density at radius 2 is 1.55 bits per heavy atom. The number of carbonyl (C=O) groups is 2. The highest BCUT2D eigenvalue weighted by Gasteiger charge is 2.56. The van der Waals surface area contributed by atoms with E-state index in [2.05, 4.69) is 42.4 Å². The SMILES string of the molecule is CCc1ccc(NC(=O)C2(C(=O)Nc3ccc(N(CC)CC)cc3C)CC2)cc1. The summed E-state index contributed by atoms with van der Waals surface area (Å²) in [4.78, 5) is 28.0. The second kappa shape index (κ2) is 8.68. The van der Waals surface area contributed by atoms with Crippen molar-refractivity contribution in [1.29, 1.82) is 0 Å². The van der Waals surface area contributed by atoms with Crippen molar-refractivity contribution in [1.82, 2.24) is 0 Å². The smallest absolute Gasteiger partial charge is 0.240 e. The summed E-state index contributed by atoms with van der Waals surface area (Å²) < 4.78 is 0. The summed E-state index contributed by atoms with van der Waals surface area (Å²) in [7, 11) is 0. The molecule has 1 aliphatic rings. The van der Waals surface area contributed by atoms with Gasteiger partial charge in [0.15, 0.2) is 0 Å². The number of hydrogen-bond donors (Lipinski definition) is 2. The van der Waals surface area contributed by atoms with E-state index in [0.717, 1.165) is 42.1 Å². The molecule has 1 saturated carbocycles. The van der Waals surface area contributed by atoms with Gasteiger partial charge in [0.2, 0.25) is 11.8 Å². The van der Waals surface area contributed by atoms with Gasteiger partial charge in [0.1, 0.15) is 5.41 Å². The molecule has 2 aromatic rings. The van der Waals surface area contributed by atoms with E-state index in [1.165, 1.54) is 5.56 Å². The Balaban J connectivity index is 1.68. The Labute approximate surface area is 173 Å². The second-order valence-electron chi connectivity index (χ2n) is 7.71. The normalized spacial score (nSPS) is 14.2. The van der Waals surface area contributed by atoms with Gasteiger partial charge >= 0.3 is 0 Å². The standard InChI is InChI=1S/C24H31N3O2/c1-5-18-8-10-19(11-9-18)25-22(28)24(14-15-24)23(29)26-21-13-12-20(16-17(21)4)27(6-2)7-3/h8-13,16H,5-7,14-15H2,1-4H3,(H,25,28)(H,26,29). The Kier molecular flexibility index (Phi) is 6.26. The van der Waals surface area contributed by atoms with E-state index < -0.39 is 5.41 Å². The number of amides is 2. The summed E-state index contributed by atoms with van der Waals surface area (Å²) in [5, 5.41) is 5.89. The zero-order valence-electron chi connectivity index (χ0n) is 17.8. The molecule has 2 N–H and O–H groups in total. The van der Waals surface area contributed by atoms with Gasteiger partial charge in [-0.05, 0) is 81.5 Å². The fourth-order valence-electron chi connectivity index (χ4n) is 3.57. The molecule has 2 aromatic carbocycles. The number of aryl methyl sites for hydroxylation is 2. The fraction of sp³-hybridized carbons (Fsp3) is 0.417. The molecular formula is C24H31N3O2. The molecule has 0 spiro atoms. The number of anilines is 3. The summed E-state index contributed by atoms with van der Waals surface area (Å²) in [6.07, 6.45) is 2.11. The van der Waals surface area contributed by atoms with Gasteiger partial charge < -0.3 is 15.5 Å². The van der Waals surface area contributed by atoms with Crippen LogP contribution in [-0.4, -0.2) is 24.9 Å². The van der Waals surface area contributed by atoms with Gasteiger partial charge in [0.05, 0.1) is 0 Å². The van der Waals surface area contributed by atoms with E-state index in [1.54, 1.807) is 0 Å². The van der Waals surface area contributed by atoms with Crippen LogP contribution in [0.1, 0.15) is 44.7 Å². The lowest BCUT2D eigenvalue weighted by molar-refractivity contribution is -0.131. The van der Waals surface area contributed by atoms with E-state index in [0.29, 0.717) is 12.8 Å². The minimum Gasteiger partial charge on any atom is -0.372 e. The first-order valence-corrected chi connectivity index (χ1v) is 10.5. The molecular weight excluding hydrogens is 362 g/mol. The van der Waals surface area contributed by atoms with E-state index >= 15 is 0 Å². The van der Waals surface area contributed by atoms with Gasteiger partial charge in [-0.25, -0.2) is 0 Å². The third kappa shape index (κ3) is 4.44. The van der Waals surface area contributed by atoms with Crippen molar-refractivity contribution in [3.05, 3.63) is 53.6 Å². The number of nitrogens with zero attached hydrogens (tertiary/aromatic N) is 1. The van der Waals surface area contributed by atoms with Gasteiger partial charge in [-0.2, -0.15) is 0 Å². The van der Waals surface area contributed by atoms with Crippen molar-refractivity contribution < 1.29 is 9.59 Å². The lowest BCUT2D eigenvalue weighted by atomic mass is 10.0. The van der Waals surface area contributed by atoms with Crippen molar-refractivity contribution in [2.45, 2.75) is 47.0 Å².